The van der Waals surface area contributed by atoms with E-state index in [2.05, 4.69) is 4.72 Å². The molecule has 0 heterocycles. The number of hydrogen-bond donors (Lipinski definition) is 2. The number of benzene rings is 2. The van der Waals surface area contributed by atoms with E-state index in [-0.39, 0.29) is 21.5 Å². The highest BCUT2D eigenvalue weighted by molar-refractivity contribution is 7.89. The third-order valence-corrected chi connectivity index (χ3v) is 4.96. The summed E-state index contributed by atoms with van der Waals surface area (Å²) in [4.78, 5) is -0.118. The summed E-state index contributed by atoms with van der Waals surface area (Å²) in [5, 5.41) is 0.162. The molecule has 20 heavy (non-hydrogen) atoms. The third-order valence-electron chi connectivity index (χ3n) is 2.61. The molecule has 106 valence electrons. The maximum absolute atomic E-state index is 12.2. The molecule has 0 aliphatic heterocycles. The third kappa shape index (κ3) is 3.43. The fourth-order valence-electron chi connectivity index (χ4n) is 1.69. The van der Waals surface area contributed by atoms with Crippen LogP contribution in [0.15, 0.2) is 47.4 Å². The van der Waals surface area contributed by atoms with Crippen molar-refractivity contribution in [2.45, 2.75) is 11.4 Å². The quantitative estimate of drug-likeness (QED) is 0.846. The van der Waals surface area contributed by atoms with E-state index in [1.165, 1.54) is 12.1 Å². The predicted molar refractivity (Wildman–Crippen MR) is 81.3 cm³/mol. The Morgan fingerprint density at radius 2 is 1.65 bits per heavy atom. The summed E-state index contributed by atoms with van der Waals surface area (Å²) < 4.78 is 26.9. The first-order chi connectivity index (χ1) is 9.40. The highest BCUT2D eigenvalue weighted by atomic mass is 35.5. The van der Waals surface area contributed by atoms with Crippen molar-refractivity contribution in [3.63, 3.8) is 0 Å². The monoisotopic (exact) mass is 330 g/mol. The molecule has 0 bridgehead atoms. The molecule has 0 aliphatic carbocycles. The Labute approximate surface area is 127 Å². The van der Waals surface area contributed by atoms with Crippen LogP contribution in [0.2, 0.25) is 10.0 Å². The van der Waals surface area contributed by atoms with Crippen LogP contribution in [-0.4, -0.2) is 8.42 Å². The van der Waals surface area contributed by atoms with Gasteiger partial charge in [0.05, 0.1) is 10.0 Å². The molecule has 0 spiro atoms. The van der Waals surface area contributed by atoms with Gasteiger partial charge in [-0.1, -0.05) is 41.4 Å². The van der Waals surface area contributed by atoms with Crippen LogP contribution in [0, 0.1) is 0 Å². The first-order valence-electron chi connectivity index (χ1n) is 5.68. The standard InChI is InChI=1S/C13H12Cl2N2O2S/c14-11-5-2-6-12(15)13(11)20(18,19)17-8-9-3-1-4-10(16)7-9/h1-7,17H,8,16H2. The van der Waals surface area contributed by atoms with E-state index in [9.17, 15) is 8.42 Å². The SMILES string of the molecule is Nc1cccc(CNS(=O)(=O)c2c(Cl)cccc2Cl)c1. The van der Waals surface area contributed by atoms with E-state index >= 15 is 0 Å². The molecule has 0 fully saturated rings. The summed E-state index contributed by atoms with van der Waals surface area (Å²) in [6.07, 6.45) is 0. The lowest BCUT2D eigenvalue weighted by molar-refractivity contribution is 0.581. The van der Waals surface area contributed by atoms with E-state index in [1.54, 1.807) is 30.3 Å². The Balaban J connectivity index is 2.24. The summed E-state index contributed by atoms with van der Waals surface area (Å²) in [5.74, 6) is 0. The topological polar surface area (TPSA) is 72.2 Å². The highest BCUT2D eigenvalue weighted by Crippen LogP contribution is 2.28. The number of sulfonamides is 1. The van der Waals surface area contributed by atoms with E-state index in [0.717, 1.165) is 5.56 Å². The van der Waals surface area contributed by atoms with Crippen molar-refractivity contribution >= 4 is 38.9 Å². The van der Waals surface area contributed by atoms with Crippen molar-refractivity contribution in [1.29, 1.82) is 0 Å². The smallest absolute Gasteiger partial charge is 0.243 e. The molecule has 0 atom stereocenters. The second-order valence-corrected chi connectivity index (χ2v) is 6.64. The molecule has 0 aliphatic rings. The fourth-order valence-corrected chi connectivity index (χ4v) is 3.85. The van der Waals surface area contributed by atoms with Crippen LogP contribution in [0.25, 0.3) is 0 Å². The first-order valence-corrected chi connectivity index (χ1v) is 7.92. The second-order valence-electron chi connectivity index (χ2n) is 4.12. The van der Waals surface area contributed by atoms with Gasteiger partial charge in [-0.15, -0.1) is 0 Å². The maximum atomic E-state index is 12.2. The summed E-state index contributed by atoms with van der Waals surface area (Å²) in [7, 11) is -3.79. The molecule has 0 aromatic heterocycles. The molecule has 2 aromatic rings. The number of nitrogens with two attached hydrogens (primary N) is 1. The van der Waals surface area contributed by atoms with E-state index in [0.29, 0.717) is 5.69 Å². The summed E-state index contributed by atoms with van der Waals surface area (Å²) >= 11 is 11.8. The maximum Gasteiger partial charge on any atom is 0.243 e. The average Bonchev–Trinajstić information content (AvgIpc) is 2.36. The number of nitrogens with one attached hydrogen (secondary N) is 1. The number of nitrogen functional groups attached to an aromatic ring is 1. The van der Waals surface area contributed by atoms with Crippen molar-refractivity contribution in [1.82, 2.24) is 4.72 Å². The normalized spacial score (nSPS) is 11.5. The van der Waals surface area contributed by atoms with Crippen LogP contribution >= 0.6 is 23.2 Å². The van der Waals surface area contributed by atoms with Gasteiger partial charge >= 0.3 is 0 Å². The zero-order chi connectivity index (χ0) is 14.8. The largest absolute Gasteiger partial charge is 0.399 e. The molecule has 7 heteroatoms. The van der Waals surface area contributed by atoms with Crippen molar-refractivity contribution in [2.24, 2.45) is 0 Å². The van der Waals surface area contributed by atoms with Gasteiger partial charge in [-0.25, -0.2) is 13.1 Å². The van der Waals surface area contributed by atoms with Gasteiger partial charge in [-0.2, -0.15) is 0 Å². The number of anilines is 1. The lowest BCUT2D eigenvalue weighted by Crippen LogP contribution is -2.24. The number of halogens is 2. The number of rotatable bonds is 4. The molecular weight excluding hydrogens is 319 g/mol. The molecule has 2 aromatic carbocycles. The lowest BCUT2D eigenvalue weighted by atomic mass is 10.2. The van der Waals surface area contributed by atoms with Crippen molar-refractivity contribution in [2.75, 3.05) is 5.73 Å². The minimum absolute atomic E-state index is 0.0811. The molecule has 0 unspecified atom stereocenters. The summed E-state index contributed by atoms with van der Waals surface area (Å²) in [6, 6.07) is 11.5. The van der Waals surface area contributed by atoms with E-state index in [1.807, 2.05) is 0 Å². The molecule has 0 saturated carbocycles. The number of hydrogen-bond acceptors (Lipinski definition) is 3. The zero-order valence-corrected chi connectivity index (χ0v) is 12.6. The van der Waals surface area contributed by atoms with Gasteiger partial charge in [0.1, 0.15) is 4.90 Å². The van der Waals surface area contributed by atoms with Crippen molar-refractivity contribution in [3.8, 4) is 0 Å². The summed E-state index contributed by atoms with van der Waals surface area (Å²) in [6.45, 7) is 0.106. The Kier molecular flexibility index (Phi) is 4.55. The highest BCUT2D eigenvalue weighted by Gasteiger charge is 2.21. The molecule has 2 rings (SSSR count). The van der Waals surface area contributed by atoms with Crippen LogP contribution in [-0.2, 0) is 16.6 Å². The molecule has 0 amide bonds. The van der Waals surface area contributed by atoms with Crippen molar-refractivity contribution < 1.29 is 8.42 Å². The summed E-state index contributed by atoms with van der Waals surface area (Å²) in [5.41, 5.74) is 6.95. The minimum Gasteiger partial charge on any atom is -0.399 e. The van der Waals surface area contributed by atoms with Gasteiger partial charge in [0.15, 0.2) is 0 Å². The van der Waals surface area contributed by atoms with Crippen LogP contribution in [0.3, 0.4) is 0 Å². The predicted octanol–water partition coefficient (Wildman–Crippen LogP) is 3.05. The lowest BCUT2D eigenvalue weighted by Gasteiger charge is -2.10. The molecular formula is C13H12Cl2N2O2S. The first kappa shape index (κ1) is 15.1. The van der Waals surface area contributed by atoms with Crippen LogP contribution in [0.5, 0.6) is 0 Å². The van der Waals surface area contributed by atoms with Gasteiger partial charge in [0, 0.05) is 12.2 Å². The molecule has 4 nitrogen and oxygen atoms in total. The Bertz CT molecular complexity index is 713. The molecule has 3 N–H and O–H groups in total. The van der Waals surface area contributed by atoms with Crippen LogP contribution in [0.4, 0.5) is 5.69 Å². The van der Waals surface area contributed by atoms with Gasteiger partial charge in [0.25, 0.3) is 0 Å². The van der Waals surface area contributed by atoms with Gasteiger partial charge in [-0.05, 0) is 29.8 Å². The van der Waals surface area contributed by atoms with Gasteiger partial charge in [-0.3, -0.25) is 0 Å². The molecule has 0 saturated heterocycles. The Hall–Kier alpha value is -1.27. The molecule has 0 radical (unpaired) electrons. The van der Waals surface area contributed by atoms with Crippen LogP contribution in [0.1, 0.15) is 5.56 Å². The average molecular weight is 331 g/mol. The van der Waals surface area contributed by atoms with E-state index in [4.69, 9.17) is 28.9 Å². The minimum atomic E-state index is -3.79. The van der Waals surface area contributed by atoms with Gasteiger partial charge < -0.3 is 5.73 Å². The second kappa shape index (κ2) is 6.01. The Morgan fingerprint density at radius 3 is 2.25 bits per heavy atom. The van der Waals surface area contributed by atoms with E-state index < -0.39 is 10.0 Å². The zero-order valence-electron chi connectivity index (χ0n) is 10.3. The van der Waals surface area contributed by atoms with Crippen molar-refractivity contribution in [3.05, 3.63) is 58.1 Å². The fraction of sp³-hybridized carbons (Fsp3) is 0.0769. The van der Waals surface area contributed by atoms with Crippen LogP contribution < -0.4 is 10.5 Å². The Morgan fingerprint density at radius 1 is 1.05 bits per heavy atom. The van der Waals surface area contributed by atoms with Gasteiger partial charge in [0.2, 0.25) is 10.0 Å².